The fourth-order valence-corrected chi connectivity index (χ4v) is 3.95. The van der Waals surface area contributed by atoms with Crippen LogP contribution in [0.1, 0.15) is 43.5 Å². The number of amides is 1. The molecule has 11 heteroatoms. The van der Waals surface area contributed by atoms with E-state index in [2.05, 4.69) is 4.98 Å². The third kappa shape index (κ3) is 5.05. The Kier molecular flexibility index (Phi) is 7.80. The third-order valence-electron chi connectivity index (χ3n) is 4.79. The number of sulfonamides is 1. The van der Waals surface area contributed by atoms with Crippen molar-refractivity contribution in [3.05, 3.63) is 50.7 Å². The minimum atomic E-state index is -3.64. The molecule has 0 bridgehead atoms. The number of hydrogen-bond donors (Lipinski definition) is 2. The quantitative estimate of drug-likeness (QED) is 0.588. The zero-order valence-electron chi connectivity index (χ0n) is 18.2. The van der Waals surface area contributed by atoms with Crippen LogP contribution in [0, 0.1) is 0 Å². The molecular weight excluding hydrogens is 422 g/mol. The van der Waals surface area contributed by atoms with E-state index in [1.807, 2.05) is 13.8 Å². The van der Waals surface area contributed by atoms with E-state index in [1.54, 1.807) is 0 Å². The van der Waals surface area contributed by atoms with Crippen LogP contribution in [0.4, 0.5) is 11.5 Å². The average Bonchev–Trinajstić information content (AvgIpc) is 2.72. The summed E-state index contributed by atoms with van der Waals surface area (Å²) in [6, 6.07) is 5.45. The number of carbonyl (C=O) groups excluding carboxylic acids is 1. The fourth-order valence-electron chi connectivity index (χ4n) is 3.05. The third-order valence-corrected chi connectivity index (χ3v) is 6.62. The molecule has 0 aliphatic rings. The standard InChI is InChI=1S/C20H29N5O5S/c1-5-7-13-25-17(21)16(18(26)22-20(25)28)24(12-6-2)19(27)14-8-10-15(11-9-14)31(29,30)23(3)4/h8-11H,5-7,12-13,21H2,1-4H3,(H,22,26,28). The molecule has 0 saturated heterocycles. The van der Waals surface area contributed by atoms with Gasteiger partial charge >= 0.3 is 5.69 Å². The molecule has 0 saturated carbocycles. The lowest BCUT2D eigenvalue weighted by atomic mass is 10.2. The number of nitrogens with two attached hydrogens (primary N) is 1. The van der Waals surface area contributed by atoms with Gasteiger partial charge in [0.2, 0.25) is 10.0 Å². The second-order valence-electron chi connectivity index (χ2n) is 7.27. The number of hydrogen-bond acceptors (Lipinski definition) is 6. The number of unbranched alkanes of at least 4 members (excludes halogenated alkanes) is 1. The van der Waals surface area contributed by atoms with Gasteiger partial charge in [0.15, 0.2) is 5.69 Å². The summed E-state index contributed by atoms with van der Waals surface area (Å²) in [5, 5.41) is 0. The summed E-state index contributed by atoms with van der Waals surface area (Å²) in [6.45, 7) is 4.30. The van der Waals surface area contributed by atoms with E-state index < -0.39 is 27.2 Å². The molecule has 0 atom stereocenters. The Morgan fingerprint density at radius 2 is 1.71 bits per heavy atom. The van der Waals surface area contributed by atoms with Gasteiger partial charge in [-0.05, 0) is 37.1 Å². The highest BCUT2D eigenvalue weighted by atomic mass is 32.2. The topological polar surface area (TPSA) is 139 Å². The van der Waals surface area contributed by atoms with Crippen molar-refractivity contribution in [3.8, 4) is 0 Å². The lowest BCUT2D eigenvalue weighted by Crippen LogP contribution is -2.41. The van der Waals surface area contributed by atoms with Crippen LogP contribution in [0.15, 0.2) is 38.8 Å². The van der Waals surface area contributed by atoms with Crippen LogP contribution in [0.2, 0.25) is 0 Å². The Morgan fingerprint density at radius 1 is 1.10 bits per heavy atom. The molecule has 0 aliphatic heterocycles. The molecule has 1 aromatic heterocycles. The summed E-state index contributed by atoms with van der Waals surface area (Å²) in [4.78, 5) is 41.5. The van der Waals surface area contributed by atoms with Crippen LogP contribution in [0.3, 0.4) is 0 Å². The van der Waals surface area contributed by atoms with Gasteiger partial charge in [-0.15, -0.1) is 0 Å². The van der Waals surface area contributed by atoms with Gasteiger partial charge in [-0.25, -0.2) is 17.5 Å². The first kappa shape index (κ1) is 24.4. The number of nitrogen functional groups attached to an aromatic ring is 1. The zero-order chi connectivity index (χ0) is 23.3. The summed E-state index contributed by atoms with van der Waals surface area (Å²) in [6.07, 6.45) is 2.03. The molecule has 0 aliphatic carbocycles. The number of benzene rings is 1. The van der Waals surface area contributed by atoms with Gasteiger partial charge in [0.25, 0.3) is 11.5 Å². The van der Waals surface area contributed by atoms with Crippen molar-refractivity contribution >= 4 is 27.4 Å². The molecule has 2 aromatic rings. The predicted octanol–water partition coefficient (Wildman–Crippen LogP) is 1.23. The Hall–Kier alpha value is -2.92. The van der Waals surface area contributed by atoms with E-state index in [-0.39, 0.29) is 28.5 Å². The molecular formula is C20H29N5O5S. The second kappa shape index (κ2) is 9.92. The molecule has 1 heterocycles. The molecule has 0 spiro atoms. The Balaban J connectivity index is 2.53. The predicted molar refractivity (Wildman–Crippen MR) is 120 cm³/mol. The van der Waals surface area contributed by atoms with Gasteiger partial charge in [0, 0.05) is 32.7 Å². The van der Waals surface area contributed by atoms with Gasteiger partial charge in [-0.1, -0.05) is 20.3 Å². The minimum Gasteiger partial charge on any atom is -0.383 e. The van der Waals surface area contributed by atoms with E-state index >= 15 is 0 Å². The van der Waals surface area contributed by atoms with E-state index in [9.17, 15) is 22.8 Å². The molecule has 0 fully saturated rings. The molecule has 2 rings (SSSR count). The Morgan fingerprint density at radius 3 is 2.23 bits per heavy atom. The fraction of sp³-hybridized carbons (Fsp3) is 0.450. The normalized spacial score (nSPS) is 11.6. The lowest BCUT2D eigenvalue weighted by molar-refractivity contribution is 0.0986. The Bertz CT molecular complexity index is 1150. The van der Waals surface area contributed by atoms with Crippen molar-refractivity contribution in [2.75, 3.05) is 31.3 Å². The SMILES string of the molecule is CCCCn1c(N)c(N(CCC)C(=O)c2ccc(S(=O)(=O)N(C)C)cc2)c(=O)[nH]c1=O. The number of nitrogens with one attached hydrogen (secondary N) is 1. The van der Waals surface area contributed by atoms with E-state index in [1.165, 1.54) is 47.8 Å². The van der Waals surface area contributed by atoms with Gasteiger partial charge in [0.1, 0.15) is 5.82 Å². The van der Waals surface area contributed by atoms with Crippen molar-refractivity contribution in [2.45, 2.75) is 44.6 Å². The highest BCUT2D eigenvalue weighted by molar-refractivity contribution is 7.89. The van der Waals surface area contributed by atoms with E-state index in [0.717, 1.165) is 10.7 Å². The molecule has 10 nitrogen and oxygen atoms in total. The van der Waals surface area contributed by atoms with Crippen LogP contribution in [-0.2, 0) is 16.6 Å². The second-order valence-corrected chi connectivity index (χ2v) is 9.42. The lowest BCUT2D eigenvalue weighted by Gasteiger charge is -2.24. The summed E-state index contributed by atoms with van der Waals surface area (Å²) in [5.41, 5.74) is 4.88. The number of rotatable bonds is 9. The zero-order valence-corrected chi connectivity index (χ0v) is 19.0. The number of H-pyrrole nitrogens is 1. The molecule has 0 radical (unpaired) electrons. The van der Waals surface area contributed by atoms with Gasteiger partial charge in [0.05, 0.1) is 4.90 Å². The van der Waals surface area contributed by atoms with Gasteiger partial charge < -0.3 is 10.6 Å². The van der Waals surface area contributed by atoms with Crippen LogP contribution in [-0.4, -0.2) is 48.8 Å². The summed E-state index contributed by atoms with van der Waals surface area (Å²) in [7, 11) is -0.806. The highest BCUT2D eigenvalue weighted by Gasteiger charge is 2.25. The summed E-state index contributed by atoms with van der Waals surface area (Å²) < 4.78 is 26.8. The first-order chi connectivity index (χ1) is 14.6. The molecule has 0 unspecified atom stereocenters. The largest absolute Gasteiger partial charge is 0.383 e. The number of anilines is 2. The maximum atomic E-state index is 13.2. The van der Waals surface area contributed by atoms with Crippen molar-refractivity contribution in [1.29, 1.82) is 0 Å². The van der Waals surface area contributed by atoms with Gasteiger partial charge in [-0.2, -0.15) is 0 Å². The Labute approximate surface area is 181 Å². The summed E-state index contributed by atoms with van der Waals surface area (Å²) in [5.74, 6) is -0.593. The van der Waals surface area contributed by atoms with Crippen molar-refractivity contribution < 1.29 is 13.2 Å². The molecule has 1 aromatic carbocycles. The van der Waals surface area contributed by atoms with E-state index in [0.29, 0.717) is 19.4 Å². The first-order valence-corrected chi connectivity index (χ1v) is 11.5. The molecule has 170 valence electrons. The maximum absolute atomic E-state index is 13.2. The maximum Gasteiger partial charge on any atom is 0.330 e. The van der Waals surface area contributed by atoms with E-state index in [4.69, 9.17) is 5.73 Å². The van der Waals surface area contributed by atoms with Crippen LogP contribution in [0.25, 0.3) is 0 Å². The number of aromatic nitrogens is 2. The highest BCUT2D eigenvalue weighted by Crippen LogP contribution is 2.21. The smallest absolute Gasteiger partial charge is 0.330 e. The number of nitrogens with zero attached hydrogens (tertiary/aromatic N) is 3. The monoisotopic (exact) mass is 451 g/mol. The first-order valence-electron chi connectivity index (χ1n) is 10.0. The number of carbonyl (C=O) groups is 1. The molecule has 3 N–H and O–H groups in total. The van der Waals surface area contributed by atoms with Crippen molar-refractivity contribution in [3.63, 3.8) is 0 Å². The van der Waals surface area contributed by atoms with Crippen LogP contribution < -0.4 is 21.9 Å². The van der Waals surface area contributed by atoms with Gasteiger partial charge in [-0.3, -0.25) is 19.1 Å². The molecule has 1 amide bonds. The number of aromatic amines is 1. The van der Waals surface area contributed by atoms with Crippen LogP contribution >= 0.6 is 0 Å². The van der Waals surface area contributed by atoms with Crippen molar-refractivity contribution in [2.24, 2.45) is 0 Å². The minimum absolute atomic E-state index is 0.0431. The summed E-state index contributed by atoms with van der Waals surface area (Å²) >= 11 is 0. The average molecular weight is 452 g/mol. The molecule has 31 heavy (non-hydrogen) atoms. The van der Waals surface area contributed by atoms with Crippen molar-refractivity contribution in [1.82, 2.24) is 13.9 Å². The van der Waals surface area contributed by atoms with Crippen LogP contribution in [0.5, 0.6) is 0 Å².